The van der Waals surface area contributed by atoms with Crippen molar-refractivity contribution in [2.45, 2.75) is 6.42 Å². The van der Waals surface area contributed by atoms with E-state index in [1.54, 1.807) is 0 Å². The topological polar surface area (TPSA) is 32.3 Å². The third kappa shape index (κ3) is 3.50. The van der Waals surface area contributed by atoms with Gasteiger partial charge in [-0.05, 0) is 23.0 Å². The fourth-order valence-corrected chi connectivity index (χ4v) is 2.00. The first-order chi connectivity index (χ1) is 7.74. The van der Waals surface area contributed by atoms with Crippen molar-refractivity contribution in [3.8, 4) is 0 Å². The first-order valence-corrected chi connectivity index (χ1v) is 6.40. The Balaban J connectivity index is 1.77. The maximum Gasteiger partial charge on any atom is 0.129 e. The largest absolute Gasteiger partial charge is 0.304 e. The lowest BCUT2D eigenvalue weighted by molar-refractivity contribution is 0.155. The minimum Gasteiger partial charge on any atom is -0.304 e. The molecule has 2 rings (SSSR count). The summed E-state index contributed by atoms with van der Waals surface area (Å²) < 4.78 is 0.941. The molecule has 0 radical (unpaired) electrons. The maximum absolute atomic E-state index is 4.28. The highest BCUT2D eigenvalue weighted by molar-refractivity contribution is 9.10. The van der Waals surface area contributed by atoms with Crippen LogP contribution < -0.4 is 0 Å². The van der Waals surface area contributed by atoms with Crippen LogP contribution in [0.2, 0.25) is 0 Å². The zero-order valence-corrected chi connectivity index (χ0v) is 11.2. The molecule has 1 fully saturated rings. The van der Waals surface area contributed by atoms with Crippen LogP contribution in [0.5, 0.6) is 0 Å². The highest BCUT2D eigenvalue weighted by atomic mass is 79.9. The average molecular weight is 285 g/mol. The van der Waals surface area contributed by atoms with Crippen molar-refractivity contribution in [1.29, 1.82) is 0 Å². The first kappa shape index (κ1) is 12.0. The number of hydrogen-bond donors (Lipinski definition) is 0. The molecule has 0 atom stereocenters. The third-order valence-electron chi connectivity index (χ3n) is 2.92. The lowest BCUT2D eigenvalue weighted by atomic mass is 10.3. The molecule has 0 aliphatic carbocycles. The van der Waals surface area contributed by atoms with Crippen LogP contribution in [0.1, 0.15) is 5.82 Å². The lowest BCUT2D eigenvalue weighted by Crippen LogP contribution is -2.45. The van der Waals surface area contributed by atoms with E-state index in [1.165, 1.54) is 13.1 Å². The van der Waals surface area contributed by atoms with E-state index in [9.17, 15) is 0 Å². The molecule has 1 aliphatic heterocycles. The van der Waals surface area contributed by atoms with Gasteiger partial charge in [-0.15, -0.1) is 0 Å². The van der Waals surface area contributed by atoms with E-state index in [4.69, 9.17) is 0 Å². The number of hydrogen-bond acceptors (Lipinski definition) is 4. The molecule has 88 valence electrons. The van der Waals surface area contributed by atoms with E-state index in [1.807, 2.05) is 12.4 Å². The predicted octanol–water partition coefficient (Wildman–Crippen LogP) is 1.03. The fourth-order valence-electron chi connectivity index (χ4n) is 1.80. The molecular weight excluding hydrogens is 268 g/mol. The van der Waals surface area contributed by atoms with Crippen molar-refractivity contribution in [2.24, 2.45) is 0 Å². The zero-order valence-electron chi connectivity index (χ0n) is 9.56. The highest BCUT2D eigenvalue weighted by Crippen LogP contribution is 2.05. The van der Waals surface area contributed by atoms with Crippen molar-refractivity contribution in [3.05, 3.63) is 22.7 Å². The Hall–Kier alpha value is -0.520. The summed E-state index contributed by atoms with van der Waals surface area (Å²) in [5.74, 6) is 0.933. The molecule has 0 aromatic carbocycles. The number of likely N-dealkylation sites (N-methyl/N-ethyl adjacent to an activating group) is 1. The number of nitrogens with zero attached hydrogens (tertiary/aromatic N) is 4. The van der Waals surface area contributed by atoms with Gasteiger partial charge in [-0.1, -0.05) is 0 Å². The van der Waals surface area contributed by atoms with Gasteiger partial charge in [0.1, 0.15) is 5.82 Å². The molecule has 4 nitrogen and oxygen atoms in total. The van der Waals surface area contributed by atoms with Crippen LogP contribution in [0, 0.1) is 0 Å². The normalized spacial score (nSPS) is 18.9. The molecule has 1 saturated heterocycles. The molecule has 5 heteroatoms. The lowest BCUT2D eigenvalue weighted by Gasteiger charge is -2.32. The molecule has 1 aliphatic rings. The van der Waals surface area contributed by atoms with Gasteiger partial charge in [0.25, 0.3) is 0 Å². The van der Waals surface area contributed by atoms with Crippen molar-refractivity contribution in [3.63, 3.8) is 0 Å². The zero-order chi connectivity index (χ0) is 11.4. The van der Waals surface area contributed by atoms with Gasteiger partial charge < -0.3 is 9.80 Å². The summed E-state index contributed by atoms with van der Waals surface area (Å²) in [7, 11) is 2.18. The number of rotatable bonds is 3. The molecule has 2 heterocycles. The van der Waals surface area contributed by atoms with E-state index >= 15 is 0 Å². The third-order valence-corrected chi connectivity index (χ3v) is 3.33. The Kier molecular flexibility index (Phi) is 4.26. The van der Waals surface area contributed by atoms with Crippen molar-refractivity contribution < 1.29 is 0 Å². The van der Waals surface area contributed by atoms with E-state index in [0.29, 0.717) is 0 Å². The predicted molar refractivity (Wildman–Crippen MR) is 67.4 cm³/mol. The molecule has 0 N–H and O–H groups in total. The summed E-state index contributed by atoms with van der Waals surface area (Å²) in [6.45, 7) is 5.72. The monoisotopic (exact) mass is 284 g/mol. The van der Waals surface area contributed by atoms with Gasteiger partial charge in [0.15, 0.2) is 0 Å². The van der Waals surface area contributed by atoms with E-state index < -0.39 is 0 Å². The second-order valence-corrected chi connectivity index (χ2v) is 5.13. The van der Waals surface area contributed by atoms with Gasteiger partial charge in [0.05, 0.1) is 4.47 Å². The number of piperazine rings is 1. The van der Waals surface area contributed by atoms with Crippen molar-refractivity contribution in [2.75, 3.05) is 39.8 Å². The molecule has 0 spiro atoms. The van der Waals surface area contributed by atoms with Crippen LogP contribution in [-0.2, 0) is 6.42 Å². The van der Waals surface area contributed by atoms with Gasteiger partial charge in [0.2, 0.25) is 0 Å². The Morgan fingerprint density at radius 2 is 1.81 bits per heavy atom. The van der Waals surface area contributed by atoms with Crippen LogP contribution in [0.4, 0.5) is 0 Å². The summed E-state index contributed by atoms with van der Waals surface area (Å²) in [5, 5.41) is 0. The number of aromatic nitrogens is 2. The standard InChI is InChI=1S/C11H17BrN4/c1-15-4-6-16(7-5-15)3-2-11-13-8-10(12)9-14-11/h8-9H,2-7H2,1H3. The van der Waals surface area contributed by atoms with Gasteiger partial charge >= 0.3 is 0 Å². The smallest absolute Gasteiger partial charge is 0.129 e. The van der Waals surface area contributed by atoms with Crippen LogP contribution >= 0.6 is 15.9 Å². The Bertz CT molecular complexity index is 319. The molecule has 0 saturated carbocycles. The van der Waals surface area contributed by atoms with Gasteiger partial charge in [-0.2, -0.15) is 0 Å². The highest BCUT2D eigenvalue weighted by Gasteiger charge is 2.13. The first-order valence-electron chi connectivity index (χ1n) is 5.61. The second-order valence-electron chi connectivity index (χ2n) is 4.21. The van der Waals surface area contributed by atoms with Crippen LogP contribution in [0.15, 0.2) is 16.9 Å². The SMILES string of the molecule is CN1CCN(CCc2ncc(Br)cn2)CC1. The Morgan fingerprint density at radius 1 is 1.19 bits per heavy atom. The molecule has 0 amide bonds. The number of halogens is 1. The van der Waals surface area contributed by atoms with Crippen molar-refractivity contribution in [1.82, 2.24) is 19.8 Å². The Labute approximate surface area is 105 Å². The van der Waals surface area contributed by atoms with E-state index in [-0.39, 0.29) is 0 Å². The molecule has 0 bridgehead atoms. The quantitative estimate of drug-likeness (QED) is 0.830. The van der Waals surface area contributed by atoms with Crippen LogP contribution in [0.25, 0.3) is 0 Å². The second kappa shape index (κ2) is 5.70. The summed E-state index contributed by atoms with van der Waals surface area (Å²) in [6.07, 6.45) is 4.57. The van der Waals surface area contributed by atoms with E-state index in [0.717, 1.165) is 36.4 Å². The summed E-state index contributed by atoms with van der Waals surface area (Å²) in [4.78, 5) is 13.4. The summed E-state index contributed by atoms with van der Waals surface area (Å²) in [5.41, 5.74) is 0. The molecule has 16 heavy (non-hydrogen) atoms. The minimum absolute atomic E-state index is 0.933. The maximum atomic E-state index is 4.28. The van der Waals surface area contributed by atoms with Crippen LogP contribution in [0.3, 0.4) is 0 Å². The molecule has 0 unspecified atom stereocenters. The van der Waals surface area contributed by atoms with E-state index in [2.05, 4.69) is 42.7 Å². The molecular formula is C11H17BrN4. The van der Waals surface area contributed by atoms with Gasteiger partial charge in [0, 0.05) is 51.5 Å². The Morgan fingerprint density at radius 3 is 2.44 bits per heavy atom. The van der Waals surface area contributed by atoms with Crippen LogP contribution in [-0.4, -0.2) is 59.5 Å². The summed E-state index contributed by atoms with van der Waals surface area (Å²) >= 11 is 3.34. The molecule has 1 aromatic rings. The van der Waals surface area contributed by atoms with Gasteiger partial charge in [-0.3, -0.25) is 0 Å². The fraction of sp³-hybridized carbons (Fsp3) is 0.636. The average Bonchev–Trinajstić information content (AvgIpc) is 2.30. The molecule has 1 aromatic heterocycles. The van der Waals surface area contributed by atoms with Gasteiger partial charge in [-0.25, -0.2) is 9.97 Å². The minimum atomic E-state index is 0.933. The van der Waals surface area contributed by atoms with Crippen molar-refractivity contribution >= 4 is 15.9 Å². The summed E-state index contributed by atoms with van der Waals surface area (Å²) in [6, 6.07) is 0.